The minimum Gasteiger partial charge on any atom is -0.487 e. The van der Waals surface area contributed by atoms with Crippen LogP contribution < -0.4 is 4.74 Å². The van der Waals surface area contributed by atoms with Crippen molar-refractivity contribution in [2.75, 3.05) is 0 Å². The monoisotopic (exact) mass is 282 g/mol. The maximum Gasteiger partial charge on any atom is 0.306 e. The van der Waals surface area contributed by atoms with Gasteiger partial charge in [-0.15, -0.1) is 0 Å². The molecule has 1 aliphatic rings. The molecule has 1 aliphatic heterocycles. The second-order valence-corrected chi connectivity index (χ2v) is 5.80. The Hall–Kier alpha value is -1.62. The Morgan fingerprint density at radius 2 is 2.10 bits per heavy atom. The number of fused-ring (bicyclic) bond motifs is 1. The summed E-state index contributed by atoms with van der Waals surface area (Å²) in [6.07, 6.45) is 0.0431. The zero-order valence-corrected chi connectivity index (χ0v) is 11.8. The fraction of sp³-hybridized carbons (Fsp3) is 0.533. The lowest BCUT2D eigenvalue weighted by molar-refractivity contribution is -0.160. The normalized spacial score (nSPS) is 27.6. The van der Waals surface area contributed by atoms with Crippen LogP contribution in [0.2, 0.25) is 0 Å². The lowest BCUT2D eigenvalue weighted by atomic mass is 9.68. The standard InChI is InChI=1S/C15H19FO4/c1-4-12-14(2,3)20-11-6-5-9(16)7-10(11)15(12,19)8-13(17)18/h5-7,12,19H,4,8H2,1-3H3,(H,17,18). The van der Waals surface area contributed by atoms with E-state index in [1.165, 1.54) is 12.1 Å². The Morgan fingerprint density at radius 1 is 1.45 bits per heavy atom. The number of hydrogen-bond donors (Lipinski definition) is 2. The summed E-state index contributed by atoms with van der Waals surface area (Å²) in [6, 6.07) is 3.84. The fourth-order valence-electron chi connectivity index (χ4n) is 3.33. The van der Waals surface area contributed by atoms with Gasteiger partial charge >= 0.3 is 5.97 Å². The summed E-state index contributed by atoms with van der Waals surface area (Å²) in [6.45, 7) is 5.47. The van der Waals surface area contributed by atoms with Gasteiger partial charge in [-0.25, -0.2) is 4.39 Å². The number of ether oxygens (including phenoxy) is 1. The second kappa shape index (κ2) is 4.74. The van der Waals surface area contributed by atoms with Gasteiger partial charge in [0, 0.05) is 11.5 Å². The first-order chi connectivity index (χ1) is 9.20. The molecule has 0 spiro atoms. The molecule has 0 saturated heterocycles. The van der Waals surface area contributed by atoms with Gasteiger partial charge in [0.1, 0.15) is 22.8 Å². The van der Waals surface area contributed by atoms with E-state index in [1.54, 1.807) is 13.8 Å². The third-order valence-electron chi connectivity index (χ3n) is 4.03. The molecule has 0 amide bonds. The number of rotatable bonds is 3. The number of benzene rings is 1. The van der Waals surface area contributed by atoms with E-state index in [-0.39, 0.29) is 5.56 Å². The van der Waals surface area contributed by atoms with Crippen LogP contribution in [0.1, 0.15) is 39.2 Å². The Labute approximate surface area is 117 Å². The van der Waals surface area contributed by atoms with Crippen LogP contribution in [0.3, 0.4) is 0 Å². The third-order valence-corrected chi connectivity index (χ3v) is 4.03. The zero-order valence-electron chi connectivity index (χ0n) is 11.8. The van der Waals surface area contributed by atoms with Crippen molar-refractivity contribution in [3.63, 3.8) is 0 Å². The first-order valence-electron chi connectivity index (χ1n) is 6.64. The molecule has 2 atom stereocenters. The lowest BCUT2D eigenvalue weighted by Crippen LogP contribution is -2.54. The Balaban J connectivity index is 2.65. The van der Waals surface area contributed by atoms with Crippen LogP contribution in [-0.2, 0) is 10.4 Å². The molecule has 1 aromatic carbocycles. The van der Waals surface area contributed by atoms with Crippen LogP contribution in [0.5, 0.6) is 5.75 Å². The van der Waals surface area contributed by atoms with Gasteiger partial charge in [-0.3, -0.25) is 4.79 Å². The van der Waals surface area contributed by atoms with Crippen molar-refractivity contribution in [2.45, 2.75) is 44.8 Å². The van der Waals surface area contributed by atoms with Crippen LogP contribution in [0.25, 0.3) is 0 Å². The Bertz CT molecular complexity index is 541. The molecule has 1 aromatic rings. The molecule has 2 N–H and O–H groups in total. The van der Waals surface area contributed by atoms with E-state index >= 15 is 0 Å². The Kier molecular flexibility index (Phi) is 3.50. The molecule has 0 aliphatic carbocycles. The van der Waals surface area contributed by atoms with Gasteiger partial charge in [0.05, 0.1) is 6.42 Å². The summed E-state index contributed by atoms with van der Waals surface area (Å²) in [5.41, 5.74) is -2.16. The maximum atomic E-state index is 13.5. The second-order valence-electron chi connectivity index (χ2n) is 5.80. The molecule has 0 fully saturated rings. The van der Waals surface area contributed by atoms with E-state index in [9.17, 15) is 14.3 Å². The van der Waals surface area contributed by atoms with Gasteiger partial charge in [-0.2, -0.15) is 0 Å². The summed E-state index contributed by atoms with van der Waals surface area (Å²) in [4.78, 5) is 11.1. The lowest BCUT2D eigenvalue weighted by Gasteiger charge is -2.49. The zero-order chi connectivity index (χ0) is 15.1. The summed E-state index contributed by atoms with van der Waals surface area (Å²) in [5.74, 6) is -1.75. The summed E-state index contributed by atoms with van der Waals surface area (Å²) in [7, 11) is 0. The third kappa shape index (κ3) is 2.26. The highest BCUT2D eigenvalue weighted by atomic mass is 19.1. The van der Waals surface area contributed by atoms with Crippen molar-refractivity contribution in [1.82, 2.24) is 0 Å². The minimum absolute atomic E-state index is 0.214. The van der Waals surface area contributed by atoms with Crippen LogP contribution in [0.4, 0.5) is 4.39 Å². The predicted octanol–water partition coefficient (Wildman–Crippen LogP) is 2.69. The van der Waals surface area contributed by atoms with E-state index in [4.69, 9.17) is 9.84 Å². The fourth-order valence-corrected chi connectivity index (χ4v) is 3.33. The average molecular weight is 282 g/mol. The largest absolute Gasteiger partial charge is 0.487 e. The van der Waals surface area contributed by atoms with Gasteiger partial charge < -0.3 is 14.9 Å². The smallest absolute Gasteiger partial charge is 0.306 e. The van der Waals surface area contributed by atoms with Crippen LogP contribution >= 0.6 is 0 Å². The molecular weight excluding hydrogens is 263 g/mol. The molecule has 0 aromatic heterocycles. The van der Waals surface area contributed by atoms with Crippen molar-refractivity contribution >= 4 is 5.97 Å². The van der Waals surface area contributed by atoms with Crippen molar-refractivity contribution in [2.24, 2.45) is 5.92 Å². The number of hydrogen-bond acceptors (Lipinski definition) is 3. The number of aliphatic carboxylic acids is 1. The molecule has 2 rings (SSSR count). The molecule has 0 saturated carbocycles. The van der Waals surface area contributed by atoms with E-state index in [1.807, 2.05) is 6.92 Å². The molecule has 1 heterocycles. The predicted molar refractivity (Wildman–Crippen MR) is 71.0 cm³/mol. The maximum absolute atomic E-state index is 13.5. The SMILES string of the molecule is CCC1C(C)(C)Oc2ccc(F)cc2C1(O)CC(=O)O. The minimum atomic E-state index is -1.64. The van der Waals surface area contributed by atoms with Crippen molar-refractivity contribution in [3.05, 3.63) is 29.6 Å². The van der Waals surface area contributed by atoms with E-state index in [0.717, 1.165) is 6.07 Å². The van der Waals surface area contributed by atoms with E-state index in [2.05, 4.69) is 0 Å². The van der Waals surface area contributed by atoms with Crippen molar-refractivity contribution in [3.8, 4) is 5.75 Å². The summed E-state index contributed by atoms with van der Waals surface area (Å²) >= 11 is 0. The molecule has 2 unspecified atom stereocenters. The van der Waals surface area contributed by atoms with Gasteiger partial charge in [-0.1, -0.05) is 6.92 Å². The van der Waals surface area contributed by atoms with Crippen LogP contribution in [-0.4, -0.2) is 21.8 Å². The van der Waals surface area contributed by atoms with Gasteiger partial charge in [0.15, 0.2) is 0 Å². The van der Waals surface area contributed by atoms with Crippen LogP contribution in [0.15, 0.2) is 18.2 Å². The summed E-state index contributed by atoms with van der Waals surface area (Å²) < 4.78 is 19.3. The van der Waals surface area contributed by atoms with Gasteiger partial charge in [0.2, 0.25) is 0 Å². The highest BCUT2D eigenvalue weighted by Crippen LogP contribution is 2.50. The average Bonchev–Trinajstić information content (AvgIpc) is 2.29. The number of carboxylic acid groups (broad SMARTS) is 1. The quantitative estimate of drug-likeness (QED) is 0.894. The number of carboxylic acids is 1. The first kappa shape index (κ1) is 14.8. The molecule has 20 heavy (non-hydrogen) atoms. The van der Waals surface area contributed by atoms with Crippen LogP contribution in [0, 0.1) is 11.7 Å². The summed E-state index contributed by atoms with van der Waals surface area (Å²) in [5, 5.41) is 20.1. The first-order valence-corrected chi connectivity index (χ1v) is 6.64. The highest BCUT2D eigenvalue weighted by molar-refractivity contribution is 5.69. The molecule has 4 nitrogen and oxygen atoms in total. The molecular formula is C15H19FO4. The molecule has 0 bridgehead atoms. The number of carbonyl (C=O) groups is 1. The van der Waals surface area contributed by atoms with E-state index < -0.39 is 35.3 Å². The Morgan fingerprint density at radius 3 is 2.65 bits per heavy atom. The molecule has 0 radical (unpaired) electrons. The highest BCUT2D eigenvalue weighted by Gasteiger charge is 2.53. The van der Waals surface area contributed by atoms with Crippen molar-refractivity contribution in [1.29, 1.82) is 0 Å². The van der Waals surface area contributed by atoms with E-state index in [0.29, 0.717) is 12.2 Å². The molecule has 110 valence electrons. The van der Waals surface area contributed by atoms with Crippen molar-refractivity contribution < 1.29 is 24.1 Å². The van der Waals surface area contributed by atoms with Gasteiger partial charge in [-0.05, 0) is 38.5 Å². The van der Waals surface area contributed by atoms with Gasteiger partial charge in [0.25, 0.3) is 0 Å². The molecule has 5 heteroatoms. The number of aliphatic hydroxyl groups is 1. The number of halogens is 1. The topological polar surface area (TPSA) is 66.8 Å².